The van der Waals surface area contributed by atoms with Gasteiger partial charge in [-0.3, -0.25) is 15.0 Å². The third kappa shape index (κ3) is 3.24. The molecule has 0 unspecified atom stereocenters. The van der Waals surface area contributed by atoms with Crippen molar-refractivity contribution in [3.8, 4) is 17.0 Å². The third-order valence-electron chi connectivity index (χ3n) is 3.24. The number of hydrogen-bond acceptors (Lipinski definition) is 4. The van der Waals surface area contributed by atoms with Crippen LogP contribution in [0.5, 0.6) is 5.75 Å². The highest BCUT2D eigenvalue weighted by Crippen LogP contribution is 2.30. The molecule has 7 heteroatoms. The van der Waals surface area contributed by atoms with E-state index in [4.69, 9.17) is 4.74 Å². The molecule has 0 aliphatic heterocycles. The number of H-pyrrole nitrogens is 2. The van der Waals surface area contributed by atoms with Crippen molar-refractivity contribution in [2.24, 2.45) is 10.2 Å². The molecule has 2 N–H and O–H groups in total. The Balaban J connectivity index is 1.99. The molecular formula is C16H13BrN4O2. The van der Waals surface area contributed by atoms with E-state index in [1.54, 1.807) is 7.11 Å². The van der Waals surface area contributed by atoms with Gasteiger partial charge in [0, 0.05) is 10.0 Å². The van der Waals surface area contributed by atoms with Crippen molar-refractivity contribution in [2.45, 2.75) is 0 Å². The molecule has 0 saturated heterocycles. The van der Waals surface area contributed by atoms with Crippen molar-refractivity contribution in [1.29, 1.82) is 0 Å². The van der Waals surface area contributed by atoms with E-state index in [9.17, 15) is 4.79 Å². The lowest BCUT2D eigenvalue weighted by Crippen LogP contribution is -1.96. The molecular weight excluding hydrogens is 360 g/mol. The highest BCUT2D eigenvalue weighted by Gasteiger charge is 2.12. The molecule has 0 spiro atoms. The maximum absolute atomic E-state index is 12.0. The molecule has 1 aromatic heterocycles. The Labute approximate surface area is 140 Å². The fourth-order valence-corrected chi connectivity index (χ4v) is 2.41. The van der Waals surface area contributed by atoms with Gasteiger partial charge in [-0.25, -0.2) is 0 Å². The topological polar surface area (TPSA) is 82.6 Å². The van der Waals surface area contributed by atoms with Gasteiger partial charge >= 0.3 is 0 Å². The van der Waals surface area contributed by atoms with Gasteiger partial charge in [-0.2, -0.15) is 0 Å². The minimum Gasteiger partial charge on any atom is -0.497 e. The Bertz CT molecular complexity index is 897. The molecule has 0 amide bonds. The van der Waals surface area contributed by atoms with Crippen molar-refractivity contribution in [2.75, 3.05) is 7.11 Å². The largest absolute Gasteiger partial charge is 0.497 e. The summed E-state index contributed by atoms with van der Waals surface area (Å²) in [4.78, 5) is 12.0. The van der Waals surface area contributed by atoms with Gasteiger partial charge in [-0.15, -0.1) is 10.2 Å². The number of methoxy groups -OCH3 is 1. The maximum atomic E-state index is 12.0. The van der Waals surface area contributed by atoms with Gasteiger partial charge < -0.3 is 4.74 Å². The molecule has 3 aromatic rings. The Morgan fingerprint density at radius 2 is 1.74 bits per heavy atom. The van der Waals surface area contributed by atoms with E-state index in [1.165, 1.54) is 0 Å². The number of rotatable bonds is 4. The van der Waals surface area contributed by atoms with Crippen molar-refractivity contribution in [3.05, 3.63) is 63.4 Å². The van der Waals surface area contributed by atoms with E-state index in [0.29, 0.717) is 11.4 Å². The summed E-state index contributed by atoms with van der Waals surface area (Å²) >= 11 is 3.40. The second kappa shape index (κ2) is 6.62. The second-order valence-electron chi connectivity index (χ2n) is 4.68. The molecule has 0 fully saturated rings. The monoisotopic (exact) mass is 372 g/mol. The molecule has 2 aromatic carbocycles. The van der Waals surface area contributed by atoms with Crippen LogP contribution in [0.4, 0.5) is 11.4 Å². The molecule has 0 aliphatic carbocycles. The Morgan fingerprint density at radius 3 is 2.43 bits per heavy atom. The standard InChI is InChI=1S/C16H13BrN4O2/c1-23-11-8-6-10(7-9-11)14-15(16(22)21-19-14)20-18-13-5-3-2-4-12(13)17/h2-9H,1H3,(H2,19,21,22). The molecule has 23 heavy (non-hydrogen) atoms. The Morgan fingerprint density at radius 1 is 1.00 bits per heavy atom. The first kappa shape index (κ1) is 15.2. The van der Waals surface area contributed by atoms with E-state index >= 15 is 0 Å². The lowest BCUT2D eigenvalue weighted by molar-refractivity contribution is 0.415. The number of halogens is 1. The number of aromatic amines is 2. The van der Waals surface area contributed by atoms with E-state index < -0.39 is 0 Å². The van der Waals surface area contributed by atoms with Crippen LogP contribution >= 0.6 is 15.9 Å². The lowest BCUT2D eigenvalue weighted by Gasteiger charge is -2.02. The minimum atomic E-state index is -0.327. The van der Waals surface area contributed by atoms with Crippen LogP contribution in [0.15, 0.2) is 68.0 Å². The average Bonchev–Trinajstić information content (AvgIpc) is 2.95. The number of benzene rings is 2. The summed E-state index contributed by atoms with van der Waals surface area (Å²) in [6, 6.07) is 14.7. The summed E-state index contributed by atoms with van der Waals surface area (Å²) in [5.74, 6) is 0.739. The van der Waals surface area contributed by atoms with Crippen molar-refractivity contribution < 1.29 is 4.74 Å². The zero-order valence-electron chi connectivity index (χ0n) is 12.2. The van der Waals surface area contributed by atoms with Crippen LogP contribution < -0.4 is 10.3 Å². The van der Waals surface area contributed by atoms with Gasteiger partial charge in [0.2, 0.25) is 0 Å². The van der Waals surface area contributed by atoms with Gasteiger partial charge in [0.25, 0.3) is 5.56 Å². The molecule has 1 heterocycles. The molecule has 116 valence electrons. The zero-order valence-corrected chi connectivity index (χ0v) is 13.8. The van der Waals surface area contributed by atoms with Gasteiger partial charge in [0.05, 0.1) is 18.5 Å². The van der Waals surface area contributed by atoms with E-state index in [1.807, 2.05) is 48.5 Å². The summed E-state index contributed by atoms with van der Waals surface area (Å²) in [6.45, 7) is 0. The van der Waals surface area contributed by atoms with Crippen LogP contribution in [-0.4, -0.2) is 17.3 Å². The molecule has 0 saturated carbocycles. The number of nitrogens with zero attached hydrogens (tertiary/aromatic N) is 2. The SMILES string of the molecule is COc1ccc(-c2[nH][nH]c(=O)c2N=Nc2ccccc2Br)cc1. The first-order chi connectivity index (χ1) is 11.2. The number of aromatic nitrogens is 2. The number of hydrogen-bond donors (Lipinski definition) is 2. The summed E-state index contributed by atoms with van der Waals surface area (Å²) in [7, 11) is 1.60. The van der Waals surface area contributed by atoms with Crippen LogP contribution in [0.3, 0.4) is 0 Å². The number of nitrogens with one attached hydrogen (secondary N) is 2. The maximum Gasteiger partial charge on any atom is 0.292 e. The molecule has 3 rings (SSSR count). The minimum absolute atomic E-state index is 0.228. The van der Waals surface area contributed by atoms with Crippen LogP contribution in [0.2, 0.25) is 0 Å². The fourth-order valence-electron chi connectivity index (χ4n) is 2.05. The average molecular weight is 373 g/mol. The van der Waals surface area contributed by atoms with Crippen molar-refractivity contribution >= 4 is 27.3 Å². The predicted octanol–water partition coefficient (Wildman–Crippen LogP) is 4.56. The zero-order chi connectivity index (χ0) is 16.2. The summed E-state index contributed by atoms with van der Waals surface area (Å²) in [5, 5.41) is 13.6. The van der Waals surface area contributed by atoms with Crippen LogP contribution in [0, 0.1) is 0 Å². The second-order valence-corrected chi connectivity index (χ2v) is 5.54. The van der Waals surface area contributed by atoms with Crippen molar-refractivity contribution in [3.63, 3.8) is 0 Å². The molecule has 0 aliphatic rings. The molecule has 0 bridgehead atoms. The fraction of sp³-hybridized carbons (Fsp3) is 0.0625. The summed E-state index contributed by atoms with van der Waals surface area (Å²) < 4.78 is 5.94. The third-order valence-corrected chi connectivity index (χ3v) is 3.91. The highest BCUT2D eigenvalue weighted by atomic mass is 79.9. The summed E-state index contributed by atoms with van der Waals surface area (Å²) in [5.41, 5.74) is 1.94. The first-order valence-electron chi connectivity index (χ1n) is 6.80. The van der Waals surface area contributed by atoms with Gasteiger partial charge in [0.15, 0.2) is 5.69 Å². The van der Waals surface area contributed by atoms with E-state index in [0.717, 1.165) is 15.8 Å². The van der Waals surface area contributed by atoms with E-state index in [2.05, 4.69) is 36.4 Å². The van der Waals surface area contributed by atoms with Crippen molar-refractivity contribution in [1.82, 2.24) is 10.2 Å². The Kier molecular flexibility index (Phi) is 4.38. The lowest BCUT2D eigenvalue weighted by atomic mass is 10.1. The molecule has 0 atom stereocenters. The van der Waals surface area contributed by atoms with Gasteiger partial charge in [-0.1, -0.05) is 12.1 Å². The number of azo groups is 1. The summed E-state index contributed by atoms with van der Waals surface area (Å²) in [6.07, 6.45) is 0. The molecule has 6 nitrogen and oxygen atoms in total. The Hall–Kier alpha value is -2.67. The molecule has 0 radical (unpaired) electrons. The van der Waals surface area contributed by atoms with Crippen LogP contribution in [0.25, 0.3) is 11.3 Å². The number of ether oxygens (including phenoxy) is 1. The van der Waals surface area contributed by atoms with Gasteiger partial charge in [-0.05, 0) is 52.3 Å². The van der Waals surface area contributed by atoms with Crippen LogP contribution in [0.1, 0.15) is 0 Å². The smallest absolute Gasteiger partial charge is 0.292 e. The predicted molar refractivity (Wildman–Crippen MR) is 91.7 cm³/mol. The first-order valence-corrected chi connectivity index (χ1v) is 7.59. The van der Waals surface area contributed by atoms with Gasteiger partial charge in [0.1, 0.15) is 5.75 Å². The van der Waals surface area contributed by atoms with E-state index in [-0.39, 0.29) is 11.2 Å². The van der Waals surface area contributed by atoms with Crippen LogP contribution in [-0.2, 0) is 0 Å². The normalized spacial score (nSPS) is 11.0. The highest BCUT2D eigenvalue weighted by molar-refractivity contribution is 9.10. The quantitative estimate of drug-likeness (QED) is 0.658.